The summed E-state index contributed by atoms with van der Waals surface area (Å²) in [7, 11) is 0. The Bertz CT molecular complexity index is 995. The number of halogens is 1. The summed E-state index contributed by atoms with van der Waals surface area (Å²) in [6.07, 6.45) is 5.88. The summed E-state index contributed by atoms with van der Waals surface area (Å²) in [5.74, 6) is 0.819. The van der Waals surface area contributed by atoms with Crippen molar-refractivity contribution in [2.24, 2.45) is 5.92 Å². The molecule has 0 aliphatic heterocycles. The fourth-order valence-electron chi connectivity index (χ4n) is 3.84. The van der Waals surface area contributed by atoms with E-state index in [1.54, 1.807) is 36.4 Å². The fraction of sp³-hybridized carbons (Fsp3) is 0.385. The summed E-state index contributed by atoms with van der Waals surface area (Å²) in [5.41, 5.74) is 1.56. The SMILES string of the molecule is CCOc1cc(/C=C(\C#N)C(=O)N[C@H]2CCCC[C@H]2C)ccc1OCc1ccc(F)cc1. The van der Waals surface area contributed by atoms with Crippen molar-refractivity contribution in [2.45, 2.75) is 52.2 Å². The lowest BCUT2D eigenvalue weighted by molar-refractivity contribution is -0.118. The third-order valence-electron chi connectivity index (χ3n) is 5.68. The highest BCUT2D eigenvalue weighted by molar-refractivity contribution is 6.01. The van der Waals surface area contributed by atoms with Gasteiger partial charge >= 0.3 is 0 Å². The zero-order valence-corrected chi connectivity index (χ0v) is 18.6. The van der Waals surface area contributed by atoms with Gasteiger partial charge in [0.15, 0.2) is 11.5 Å². The summed E-state index contributed by atoms with van der Waals surface area (Å²) < 4.78 is 24.6. The minimum absolute atomic E-state index is 0.0604. The van der Waals surface area contributed by atoms with Crippen molar-refractivity contribution >= 4 is 12.0 Å². The number of nitrogens with zero attached hydrogens (tertiary/aromatic N) is 1. The maximum absolute atomic E-state index is 13.1. The normalized spacial score (nSPS) is 18.5. The highest BCUT2D eigenvalue weighted by Crippen LogP contribution is 2.30. The number of ether oxygens (including phenoxy) is 2. The molecule has 168 valence electrons. The molecular formula is C26H29FN2O3. The quantitative estimate of drug-likeness (QED) is 0.444. The maximum atomic E-state index is 13.1. The van der Waals surface area contributed by atoms with E-state index in [1.165, 1.54) is 18.6 Å². The van der Waals surface area contributed by atoms with Crippen molar-refractivity contribution in [1.29, 1.82) is 5.26 Å². The molecule has 0 saturated heterocycles. The Morgan fingerprint density at radius 3 is 2.59 bits per heavy atom. The van der Waals surface area contributed by atoms with Crippen LogP contribution in [0, 0.1) is 23.1 Å². The van der Waals surface area contributed by atoms with Crippen LogP contribution in [0.1, 0.15) is 50.7 Å². The van der Waals surface area contributed by atoms with Crippen LogP contribution in [0.25, 0.3) is 6.08 Å². The van der Waals surface area contributed by atoms with Gasteiger partial charge in [-0.2, -0.15) is 5.26 Å². The van der Waals surface area contributed by atoms with E-state index in [1.807, 2.05) is 13.0 Å². The van der Waals surface area contributed by atoms with Crippen molar-refractivity contribution in [3.05, 3.63) is 65.0 Å². The third-order valence-corrected chi connectivity index (χ3v) is 5.68. The van der Waals surface area contributed by atoms with Gasteiger partial charge in [-0.05, 0) is 67.2 Å². The smallest absolute Gasteiger partial charge is 0.262 e. The van der Waals surface area contributed by atoms with Crippen LogP contribution in [0.2, 0.25) is 0 Å². The maximum Gasteiger partial charge on any atom is 0.262 e. The average molecular weight is 437 g/mol. The number of amides is 1. The summed E-state index contributed by atoms with van der Waals surface area (Å²) >= 11 is 0. The van der Waals surface area contributed by atoms with Gasteiger partial charge in [-0.25, -0.2) is 4.39 Å². The summed E-state index contributed by atoms with van der Waals surface area (Å²) in [4.78, 5) is 12.7. The zero-order chi connectivity index (χ0) is 22.9. The van der Waals surface area contributed by atoms with Crippen LogP contribution in [0.3, 0.4) is 0 Å². The first kappa shape index (κ1) is 23.3. The van der Waals surface area contributed by atoms with Crippen molar-refractivity contribution in [3.63, 3.8) is 0 Å². The molecule has 0 spiro atoms. The molecule has 1 saturated carbocycles. The molecule has 0 aromatic heterocycles. The van der Waals surface area contributed by atoms with E-state index in [0.29, 0.717) is 29.6 Å². The summed E-state index contributed by atoms with van der Waals surface area (Å²) in [5, 5.41) is 12.6. The second-order valence-corrected chi connectivity index (χ2v) is 8.07. The Labute approximate surface area is 188 Å². The van der Waals surface area contributed by atoms with Crippen molar-refractivity contribution in [1.82, 2.24) is 5.32 Å². The largest absolute Gasteiger partial charge is 0.490 e. The molecule has 2 aromatic carbocycles. The zero-order valence-electron chi connectivity index (χ0n) is 18.6. The van der Waals surface area contributed by atoms with E-state index in [0.717, 1.165) is 24.8 Å². The van der Waals surface area contributed by atoms with Crippen LogP contribution in [0.5, 0.6) is 11.5 Å². The van der Waals surface area contributed by atoms with E-state index in [2.05, 4.69) is 12.2 Å². The first-order valence-corrected chi connectivity index (χ1v) is 11.1. The highest BCUT2D eigenvalue weighted by Gasteiger charge is 2.24. The van der Waals surface area contributed by atoms with Gasteiger partial charge in [-0.3, -0.25) is 4.79 Å². The van der Waals surface area contributed by atoms with Gasteiger partial charge in [0, 0.05) is 6.04 Å². The number of nitrogens with one attached hydrogen (secondary N) is 1. The van der Waals surface area contributed by atoms with Gasteiger partial charge in [0.2, 0.25) is 0 Å². The molecule has 0 radical (unpaired) electrons. The molecule has 32 heavy (non-hydrogen) atoms. The third kappa shape index (κ3) is 6.34. The first-order valence-electron chi connectivity index (χ1n) is 11.1. The Kier molecular flexibility index (Phi) is 8.27. The Balaban J connectivity index is 1.73. The molecule has 0 heterocycles. The molecule has 1 N–H and O–H groups in total. The standard InChI is InChI=1S/C26H29FN2O3/c1-3-31-25-15-20(10-13-24(25)32-17-19-8-11-22(27)12-9-19)14-21(16-28)26(30)29-23-7-5-4-6-18(23)2/h8-15,18,23H,3-7,17H2,1-2H3,(H,29,30)/b21-14+/t18-,23+/m1/s1. The van der Waals surface area contributed by atoms with Gasteiger partial charge in [0.05, 0.1) is 6.61 Å². The topological polar surface area (TPSA) is 71.3 Å². The van der Waals surface area contributed by atoms with Crippen molar-refractivity contribution in [2.75, 3.05) is 6.61 Å². The number of rotatable bonds is 8. The van der Waals surface area contributed by atoms with Gasteiger partial charge in [-0.1, -0.05) is 38.0 Å². The van der Waals surface area contributed by atoms with E-state index in [4.69, 9.17) is 9.47 Å². The van der Waals surface area contributed by atoms with Crippen LogP contribution in [0.4, 0.5) is 4.39 Å². The van der Waals surface area contributed by atoms with E-state index >= 15 is 0 Å². The molecule has 2 aromatic rings. The fourth-order valence-corrected chi connectivity index (χ4v) is 3.84. The first-order chi connectivity index (χ1) is 15.5. The van der Waals surface area contributed by atoms with Crippen molar-refractivity contribution < 1.29 is 18.7 Å². The second kappa shape index (κ2) is 11.3. The predicted octanol–water partition coefficient (Wildman–Crippen LogP) is 5.41. The molecule has 2 atom stereocenters. The second-order valence-electron chi connectivity index (χ2n) is 8.07. The van der Waals surface area contributed by atoms with Gasteiger partial charge < -0.3 is 14.8 Å². The molecule has 0 bridgehead atoms. The number of nitriles is 1. The van der Waals surface area contributed by atoms with Crippen molar-refractivity contribution in [3.8, 4) is 17.6 Å². The molecular weight excluding hydrogens is 407 g/mol. The lowest BCUT2D eigenvalue weighted by Crippen LogP contribution is -2.41. The Morgan fingerprint density at radius 1 is 1.16 bits per heavy atom. The number of hydrogen-bond acceptors (Lipinski definition) is 4. The van der Waals surface area contributed by atoms with Gasteiger partial charge in [0.1, 0.15) is 24.1 Å². The van der Waals surface area contributed by atoms with Crippen LogP contribution in [-0.4, -0.2) is 18.6 Å². The van der Waals surface area contributed by atoms with Gasteiger partial charge in [-0.15, -0.1) is 0 Å². The van der Waals surface area contributed by atoms with Crippen LogP contribution < -0.4 is 14.8 Å². The van der Waals surface area contributed by atoms with E-state index < -0.39 is 0 Å². The Hall–Kier alpha value is -3.33. The lowest BCUT2D eigenvalue weighted by Gasteiger charge is -2.29. The molecule has 1 fully saturated rings. The molecule has 5 nitrogen and oxygen atoms in total. The number of benzene rings is 2. The number of carbonyl (C=O) groups is 1. The van der Waals surface area contributed by atoms with Crippen LogP contribution in [0.15, 0.2) is 48.0 Å². The highest BCUT2D eigenvalue weighted by atomic mass is 19.1. The summed E-state index contributed by atoms with van der Waals surface area (Å²) in [6.45, 7) is 4.71. The van der Waals surface area contributed by atoms with Crippen LogP contribution in [-0.2, 0) is 11.4 Å². The monoisotopic (exact) mass is 436 g/mol. The lowest BCUT2D eigenvalue weighted by atomic mass is 9.86. The van der Waals surface area contributed by atoms with Gasteiger partial charge in [0.25, 0.3) is 5.91 Å². The number of hydrogen-bond donors (Lipinski definition) is 1. The molecule has 0 unspecified atom stereocenters. The molecule has 1 amide bonds. The predicted molar refractivity (Wildman–Crippen MR) is 121 cm³/mol. The molecule has 1 aliphatic rings. The average Bonchev–Trinajstić information content (AvgIpc) is 2.79. The Morgan fingerprint density at radius 2 is 1.91 bits per heavy atom. The van der Waals surface area contributed by atoms with E-state index in [9.17, 15) is 14.4 Å². The summed E-state index contributed by atoms with van der Waals surface area (Å²) in [6, 6.07) is 13.5. The molecule has 6 heteroatoms. The minimum atomic E-state index is -0.346. The molecule has 1 aliphatic carbocycles. The van der Waals surface area contributed by atoms with Crippen LogP contribution >= 0.6 is 0 Å². The molecule has 3 rings (SSSR count). The van der Waals surface area contributed by atoms with E-state index in [-0.39, 0.29) is 29.9 Å². The minimum Gasteiger partial charge on any atom is -0.490 e. The number of carbonyl (C=O) groups excluding carboxylic acids is 1.